The monoisotopic (exact) mass is 537 g/mol. The minimum atomic E-state index is -0.242. The quantitative estimate of drug-likeness (QED) is 0.276. The molecule has 1 amide bonds. The number of hydrogen-bond donors (Lipinski definition) is 1. The van der Waals surface area contributed by atoms with Crippen molar-refractivity contribution < 1.29 is 9.53 Å². The van der Waals surface area contributed by atoms with Crippen LogP contribution < -0.4 is 10.2 Å². The molecule has 0 aliphatic carbocycles. The van der Waals surface area contributed by atoms with Crippen molar-refractivity contribution in [3.8, 4) is 17.1 Å². The first-order valence-corrected chi connectivity index (χ1v) is 11.0. The van der Waals surface area contributed by atoms with Crippen LogP contribution in [0.3, 0.4) is 0 Å². The van der Waals surface area contributed by atoms with Crippen LogP contribution in [0.2, 0.25) is 0 Å². The number of carbonyl (C=O) groups excluding carboxylic acids is 1. The van der Waals surface area contributed by atoms with Gasteiger partial charge >= 0.3 is 0 Å². The number of aromatic nitrogens is 3. The highest BCUT2D eigenvalue weighted by molar-refractivity contribution is 9.10. The minimum Gasteiger partial charge on any atom is -0.496 e. The van der Waals surface area contributed by atoms with Crippen molar-refractivity contribution in [1.82, 2.24) is 20.2 Å². The van der Waals surface area contributed by atoms with E-state index in [9.17, 15) is 4.79 Å². The van der Waals surface area contributed by atoms with Gasteiger partial charge in [-0.3, -0.25) is 4.79 Å². The predicted molar refractivity (Wildman–Crippen MR) is 121 cm³/mol. The lowest BCUT2D eigenvalue weighted by atomic mass is 10.2. The predicted octanol–water partition coefficient (Wildman–Crippen LogP) is 4.26. The zero-order valence-electron chi connectivity index (χ0n) is 15.6. The molecule has 0 saturated carbocycles. The summed E-state index contributed by atoms with van der Waals surface area (Å²) in [6.45, 7) is 0. The second-order valence-corrected chi connectivity index (χ2v) is 8.61. The van der Waals surface area contributed by atoms with Gasteiger partial charge in [0.2, 0.25) is 0 Å². The van der Waals surface area contributed by atoms with Gasteiger partial charge in [-0.2, -0.15) is 5.10 Å². The van der Waals surface area contributed by atoms with E-state index in [2.05, 4.69) is 52.6 Å². The lowest BCUT2D eigenvalue weighted by molar-refractivity contribution is -0.118. The third-order valence-electron chi connectivity index (χ3n) is 3.85. The second kappa shape index (κ2) is 10.0. The molecule has 0 unspecified atom stereocenters. The van der Waals surface area contributed by atoms with Crippen LogP contribution in [0.25, 0.3) is 11.4 Å². The highest BCUT2D eigenvalue weighted by Crippen LogP contribution is 2.24. The molecule has 2 aromatic carbocycles. The maximum atomic E-state index is 12.1. The van der Waals surface area contributed by atoms with Gasteiger partial charge in [0.25, 0.3) is 5.91 Å². The Morgan fingerprint density at radius 1 is 1.21 bits per heavy atom. The van der Waals surface area contributed by atoms with Crippen molar-refractivity contribution in [3.63, 3.8) is 0 Å². The molecule has 0 fully saturated rings. The lowest BCUT2D eigenvalue weighted by Crippen LogP contribution is -2.20. The van der Waals surface area contributed by atoms with E-state index in [0.717, 1.165) is 25.9 Å². The highest BCUT2D eigenvalue weighted by Gasteiger charge is 2.12. The van der Waals surface area contributed by atoms with Gasteiger partial charge in [0, 0.05) is 27.1 Å². The number of rotatable bonds is 7. The molecule has 1 aromatic heterocycles. The van der Waals surface area contributed by atoms with Crippen LogP contribution in [-0.4, -0.2) is 39.7 Å². The Kier molecular flexibility index (Phi) is 7.45. The zero-order valence-corrected chi connectivity index (χ0v) is 19.6. The van der Waals surface area contributed by atoms with Gasteiger partial charge in [-0.05, 0) is 30.3 Å². The molecule has 1 heterocycles. The average molecular weight is 539 g/mol. The third-order valence-corrected chi connectivity index (χ3v) is 5.90. The molecule has 0 atom stereocenters. The maximum absolute atomic E-state index is 12.1. The topological polar surface area (TPSA) is 81.4 Å². The number of hydrazone groups is 1. The molecule has 3 aromatic rings. The minimum absolute atomic E-state index is 0.166. The Hall–Kier alpha value is -2.17. The number of benzene rings is 2. The third kappa shape index (κ3) is 5.68. The molecule has 0 saturated heterocycles. The summed E-state index contributed by atoms with van der Waals surface area (Å²) in [6.07, 6.45) is 1.54. The number of amides is 1. The number of ether oxygens (including phenoxy) is 1. The molecule has 29 heavy (non-hydrogen) atoms. The molecule has 0 bridgehead atoms. The van der Waals surface area contributed by atoms with E-state index < -0.39 is 0 Å². The van der Waals surface area contributed by atoms with E-state index in [1.807, 2.05) is 54.1 Å². The number of methoxy groups -OCH3 is 1. The number of halogens is 2. The van der Waals surface area contributed by atoms with Crippen LogP contribution in [0.4, 0.5) is 0 Å². The largest absolute Gasteiger partial charge is 0.496 e. The SMILES string of the molecule is COc1ccc(Br)cc1/C=N\NC(=O)CSc1nnc(-c2ccc(Br)cc2)n1C. The molecule has 3 rings (SSSR count). The normalized spacial score (nSPS) is 11.0. The van der Waals surface area contributed by atoms with E-state index in [0.29, 0.717) is 10.9 Å². The number of hydrogen-bond acceptors (Lipinski definition) is 6. The molecule has 0 radical (unpaired) electrons. The summed E-state index contributed by atoms with van der Waals surface area (Å²) in [5, 5.41) is 13.0. The molecule has 0 aliphatic rings. The Morgan fingerprint density at radius 3 is 2.66 bits per heavy atom. The van der Waals surface area contributed by atoms with Gasteiger partial charge in [0.1, 0.15) is 5.75 Å². The van der Waals surface area contributed by atoms with Gasteiger partial charge in [0.15, 0.2) is 11.0 Å². The lowest BCUT2D eigenvalue weighted by Gasteiger charge is -2.05. The smallest absolute Gasteiger partial charge is 0.250 e. The van der Waals surface area contributed by atoms with Crippen LogP contribution in [0, 0.1) is 0 Å². The van der Waals surface area contributed by atoms with Crippen LogP contribution in [0.5, 0.6) is 5.75 Å². The van der Waals surface area contributed by atoms with E-state index >= 15 is 0 Å². The van der Waals surface area contributed by atoms with E-state index in [1.54, 1.807) is 13.3 Å². The van der Waals surface area contributed by atoms with Gasteiger partial charge < -0.3 is 9.30 Å². The number of nitrogens with zero attached hydrogens (tertiary/aromatic N) is 4. The van der Waals surface area contributed by atoms with Crippen LogP contribution in [0.1, 0.15) is 5.56 Å². The Bertz CT molecular complexity index is 1040. The van der Waals surface area contributed by atoms with Crippen LogP contribution in [-0.2, 0) is 11.8 Å². The number of carbonyl (C=O) groups is 1. The second-order valence-electron chi connectivity index (χ2n) is 5.84. The fourth-order valence-electron chi connectivity index (χ4n) is 2.43. The molecule has 1 N–H and O–H groups in total. The molecule has 10 heteroatoms. The van der Waals surface area contributed by atoms with Gasteiger partial charge in [0.05, 0.1) is 19.1 Å². The summed E-state index contributed by atoms with van der Waals surface area (Å²) in [7, 11) is 3.45. The summed E-state index contributed by atoms with van der Waals surface area (Å²) in [5.41, 5.74) is 4.22. The average Bonchev–Trinajstić information content (AvgIpc) is 3.07. The first-order valence-electron chi connectivity index (χ1n) is 8.41. The zero-order chi connectivity index (χ0) is 20.8. The van der Waals surface area contributed by atoms with Crippen molar-refractivity contribution in [2.75, 3.05) is 12.9 Å². The summed E-state index contributed by atoms with van der Waals surface area (Å²) < 4.78 is 9.02. The summed E-state index contributed by atoms with van der Waals surface area (Å²) in [5.74, 6) is 1.33. The van der Waals surface area contributed by atoms with Crippen LogP contribution >= 0.6 is 43.6 Å². The van der Waals surface area contributed by atoms with E-state index in [4.69, 9.17) is 4.74 Å². The number of nitrogens with one attached hydrogen (secondary N) is 1. The molecule has 150 valence electrons. The first kappa shape index (κ1) is 21.5. The van der Waals surface area contributed by atoms with Crippen molar-refractivity contribution >= 4 is 55.7 Å². The Balaban J connectivity index is 1.57. The van der Waals surface area contributed by atoms with Crippen molar-refractivity contribution in [3.05, 3.63) is 57.0 Å². The summed E-state index contributed by atoms with van der Waals surface area (Å²) in [4.78, 5) is 12.1. The van der Waals surface area contributed by atoms with E-state index in [1.165, 1.54) is 11.8 Å². The Labute approximate surface area is 189 Å². The Morgan fingerprint density at radius 2 is 1.93 bits per heavy atom. The van der Waals surface area contributed by atoms with Crippen molar-refractivity contribution in [2.24, 2.45) is 12.1 Å². The summed E-state index contributed by atoms with van der Waals surface area (Å²) >= 11 is 8.11. The van der Waals surface area contributed by atoms with Gasteiger partial charge in [-0.15, -0.1) is 10.2 Å². The highest BCUT2D eigenvalue weighted by atomic mass is 79.9. The van der Waals surface area contributed by atoms with Gasteiger partial charge in [-0.25, -0.2) is 5.43 Å². The van der Waals surface area contributed by atoms with E-state index in [-0.39, 0.29) is 11.7 Å². The summed E-state index contributed by atoms with van der Waals surface area (Å²) in [6, 6.07) is 13.4. The molecule has 0 spiro atoms. The van der Waals surface area contributed by atoms with Gasteiger partial charge in [-0.1, -0.05) is 55.8 Å². The maximum Gasteiger partial charge on any atom is 0.250 e. The molecule has 7 nitrogen and oxygen atoms in total. The first-order chi connectivity index (χ1) is 14.0. The molecular formula is C19H17Br2N5O2S. The fraction of sp³-hybridized carbons (Fsp3) is 0.158. The van der Waals surface area contributed by atoms with Crippen molar-refractivity contribution in [1.29, 1.82) is 0 Å². The molecule has 0 aliphatic heterocycles. The van der Waals surface area contributed by atoms with Crippen LogP contribution in [0.15, 0.2) is 61.7 Å². The van der Waals surface area contributed by atoms with Crippen molar-refractivity contribution in [2.45, 2.75) is 5.16 Å². The molecular weight excluding hydrogens is 522 g/mol. The number of thioether (sulfide) groups is 1. The standard InChI is InChI=1S/C19H17Br2N5O2S/c1-26-18(12-3-5-14(20)6-4-12)24-25-19(26)29-11-17(27)23-22-10-13-9-15(21)7-8-16(13)28-2/h3-10H,11H2,1-2H3,(H,23,27)/b22-10-. The fourth-order valence-corrected chi connectivity index (χ4v) is 3.78.